The molecular weight excluding hydrogens is 350 g/mol. The van der Waals surface area contributed by atoms with Gasteiger partial charge < -0.3 is 14.8 Å². The predicted molar refractivity (Wildman–Crippen MR) is 113 cm³/mol. The zero-order valence-electron chi connectivity index (χ0n) is 17.4. The Bertz CT molecular complexity index is 805. The molecule has 0 spiro atoms. The molecule has 4 nitrogen and oxygen atoms in total. The van der Waals surface area contributed by atoms with Crippen molar-refractivity contribution in [2.45, 2.75) is 51.9 Å². The molecule has 0 aliphatic heterocycles. The first-order chi connectivity index (χ1) is 13.4. The van der Waals surface area contributed by atoms with E-state index in [1.807, 2.05) is 49.4 Å². The van der Waals surface area contributed by atoms with E-state index in [-0.39, 0.29) is 5.91 Å². The molecule has 0 unspecified atom stereocenters. The molecule has 150 valence electrons. The van der Waals surface area contributed by atoms with E-state index in [1.54, 1.807) is 7.11 Å². The molecule has 0 atom stereocenters. The summed E-state index contributed by atoms with van der Waals surface area (Å²) in [5, 5.41) is 3.16. The van der Waals surface area contributed by atoms with Crippen molar-refractivity contribution in [1.29, 1.82) is 0 Å². The van der Waals surface area contributed by atoms with Crippen molar-refractivity contribution in [3.63, 3.8) is 0 Å². The van der Waals surface area contributed by atoms with Crippen LogP contribution in [0.3, 0.4) is 0 Å². The Labute approximate surface area is 168 Å². The maximum absolute atomic E-state index is 13.3. The fourth-order valence-electron chi connectivity index (χ4n) is 3.93. The highest BCUT2D eigenvalue weighted by atomic mass is 16.5. The lowest BCUT2D eigenvalue weighted by Gasteiger charge is -2.28. The first kappa shape index (κ1) is 20.2. The fourth-order valence-corrected chi connectivity index (χ4v) is 3.93. The van der Waals surface area contributed by atoms with Crippen LogP contribution in [-0.4, -0.2) is 19.6 Å². The summed E-state index contributed by atoms with van der Waals surface area (Å²) in [6, 6.07) is 13.8. The largest absolute Gasteiger partial charge is 0.497 e. The maximum atomic E-state index is 13.3. The number of benzene rings is 2. The van der Waals surface area contributed by atoms with Gasteiger partial charge in [-0.3, -0.25) is 4.79 Å². The van der Waals surface area contributed by atoms with E-state index in [9.17, 15) is 4.79 Å². The minimum absolute atomic E-state index is 0.0745. The van der Waals surface area contributed by atoms with Crippen molar-refractivity contribution >= 4 is 11.6 Å². The number of hydrogen-bond donors (Lipinski definition) is 1. The van der Waals surface area contributed by atoms with Crippen molar-refractivity contribution in [2.75, 3.05) is 19.0 Å². The van der Waals surface area contributed by atoms with Gasteiger partial charge in [0, 0.05) is 5.69 Å². The van der Waals surface area contributed by atoms with Crippen molar-refractivity contribution in [1.82, 2.24) is 0 Å². The Hall–Kier alpha value is -2.49. The van der Waals surface area contributed by atoms with Gasteiger partial charge in [0.05, 0.1) is 19.1 Å². The van der Waals surface area contributed by atoms with Gasteiger partial charge in [-0.15, -0.1) is 0 Å². The second kappa shape index (κ2) is 8.68. The summed E-state index contributed by atoms with van der Waals surface area (Å²) in [6.07, 6.45) is 3.89. The number of nitrogens with one attached hydrogen (secondary N) is 1. The van der Waals surface area contributed by atoms with Crippen LogP contribution in [0.15, 0.2) is 42.5 Å². The molecule has 1 fully saturated rings. The van der Waals surface area contributed by atoms with Crippen molar-refractivity contribution < 1.29 is 14.3 Å². The number of aryl methyl sites for hydroxylation is 1. The van der Waals surface area contributed by atoms with Crippen LogP contribution in [-0.2, 0) is 10.2 Å². The van der Waals surface area contributed by atoms with E-state index in [1.165, 1.54) is 0 Å². The van der Waals surface area contributed by atoms with Crippen molar-refractivity contribution in [2.24, 2.45) is 5.92 Å². The van der Waals surface area contributed by atoms with Crippen LogP contribution in [0.2, 0.25) is 0 Å². The molecule has 0 aromatic heterocycles. The molecule has 4 heteroatoms. The normalized spacial score (nSPS) is 15.5. The first-order valence-corrected chi connectivity index (χ1v) is 10.1. The summed E-state index contributed by atoms with van der Waals surface area (Å²) < 4.78 is 11.1. The quantitative estimate of drug-likeness (QED) is 0.690. The summed E-state index contributed by atoms with van der Waals surface area (Å²) in [5.41, 5.74) is 2.45. The molecule has 0 radical (unpaired) electrons. The Morgan fingerprint density at radius 3 is 2.36 bits per heavy atom. The van der Waals surface area contributed by atoms with Crippen molar-refractivity contribution in [3.8, 4) is 11.5 Å². The van der Waals surface area contributed by atoms with Gasteiger partial charge in [0.25, 0.3) is 0 Å². The number of ether oxygens (including phenoxy) is 2. The molecule has 0 heterocycles. The van der Waals surface area contributed by atoms with Crippen LogP contribution in [0.1, 0.15) is 50.7 Å². The Morgan fingerprint density at radius 2 is 1.79 bits per heavy atom. The SMILES string of the molecule is COc1ccc(C2(C(=O)Nc3ccc(OCC(C)C)c(C)c3)CCCC2)cc1. The van der Waals surface area contributed by atoms with E-state index in [4.69, 9.17) is 9.47 Å². The molecule has 0 bridgehead atoms. The molecule has 1 saturated carbocycles. The van der Waals surface area contributed by atoms with E-state index in [2.05, 4.69) is 19.2 Å². The first-order valence-electron chi connectivity index (χ1n) is 10.1. The number of rotatable bonds is 7. The van der Waals surface area contributed by atoms with E-state index in [0.29, 0.717) is 12.5 Å². The van der Waals surface area contributed by atoms with Gasteiger partial charge in [0.1, 0.15) is 11.5 Å². The lowest BCUT2D eigenvalue weighted by molar-refractivity contribution is -0.121. The van der Waals surface area contributed by atoms with Gasteiger partial charge in [-0.05, 0) is 67.1 Å². The number of methoxy groups -OCH3 is 1. The third-order valence-corrected chi connectivity index (χ3v) is 5.54. The number of hydrogen-bond acceptors (Lipinski definition) is 3. The van der Waals surface area contributed by atoms with Crippen LogP contribution < -0.4 is 14.8 Å². The lowest BCUT2D eigenvalue weighted by Crippen LogP contribution is -2.38. The summed E-state index contributed by atoms with van der Waals surface area (Å²) in [6.45, 7) is 6.96. The Kier molecular flexibility index (Phi) is 6.28. The van der Waals surface area contributed by atoms with Gasteiger partial charge >= 0.3 is 0 Å². The second-order valence-electron chi connectivity index (χ2n) is 8.16. The average molecular weight is 382 g/mol. The summed E-state index contributed by atoms with van der Waals surface area (Å²) in [7, 11) is 1.66. The minimum atomic E-state index is -0.465. The Balaban J connectivity index is 1.78. The number of carbonyl (C=O) groups excluding carboxylic acids is 1. The van der Waals surface area contributed by atoms with Crippen LogP contribution in [0, 0.1) is 12.8 Å². The predicted octanol–water partition coefficient (Wildman–Crippen LogP) is 5.49. The summed E-state index contributed by atoms with van der Waals surface area (Å²) in [5.74, 6) is 2.23. The third kappa shape index (κ3) is 4.32. The van der Waals surface area contributed by atoms with E-state index >= 15 is 0 Å². The van der Waals surface area contributed by atoms with Crippen LogP contribution in [0.4, 0.5) is 5.69 Å². The molecule has 3 rings (SSSR count). The van der Waals surface area contributed by atoms with Crippen molar-refractivity contribution in [3.05, 3.63) is 53.6 Å². The molecule has 2 aromatic carbocycles. The number of carbonyl (C=O) groups is 1. The van der Waals surface area contributed by atoms with Crippen LogP contribution >= 0.6 is 0 Å². The highest BCUT2D eigenvalue weighted by Crippen LogP contribution is 2.42. The topological polar surface area (TPSA) is 47.6 Å². The maximum Gasteiger partial charge on any atom is 0.235 e. The third-order valence-electron chi connectivity index (χ3n) is 5.54. The lowest BCUT2D eigenvalue weighted by atomic mass is 9.78. The highest BCUT2D eigenvalue weighted by molar-refractivity contribution is 5.99. The zero-order valence-corrected chi connectivity index (χ0v) is 17.4. The molecule has 28 heavy (non-hydrogen) atoms. The molecule has 1 aliphatic rings. The molecule has 0 saturated heterocycles. The van der Waals surface area contributed by atoms with E-state index < -0.39 is 5.41 Å². The van der Waals surface area contributed by atoms with Crippen LogP contribution in [0.25, 0.3) is 0 Å². The van der Waals surface area contributed by atoms with Gasteiger partial charge in [-0.25, -0.2) is 0 Å². The minimum Gasteiger partial charge on any atom is -0.497 e. The molecule has 1 aliphatic carbocycles. The van der Waals surface area contributed by atoms with Crippen LogP contribution in [0.5, 0.6) is 11.5 Å². The standard InChI is InChI=1S/C24H31NO3/c1-17(2)16-28-22-12-9-20(15-18(22)3)25-23(26)24(13-5-6-14-24)19-7-10-21(27-4)11-8-19/h7-12,15,17H,5-6,13-14,16H2,1-4H3,(H,25,26). The number of anilines is 1. The zero-order chi connectivity index (χ0) is 20.1. The summed E-state index contributed by atoms with van der Waals surface area (Å²) >= 11 is 0. The molecule has 2 aromatic rings. The van der Waals surface area contributed by atoms with Gasteiger partial charge in [-0.1, -0.05) is 38.8 Å². The Morgan fingerprint density at radius 1 is 1.11 bits per heavy atom. The second-order valence-corrected chi connectivity index (χ2v) is 8.16. The monoisotopic (exact) mass is 381 g/mol. The smallest absolute Gasteiger partial charge is 0.235 e. The van der Waals surface area contributed by atoms with Gasteiger partial charge in [-0.2, -0.15) is 0 Å². The van der Waals surface area contributed by atoms with E-state index in [0.717, 1.165) is 54.0 Å². The summed E-state index contributed by atoms with van der Waals surface area (Å²) in [4.78, 5) is 13.3. The fraction of sp³-hybridized carbons (Fsp3) is 0.458. The molecule has 1 N–H and O–H groups in total. The molecular formula is C24H31NO3. The average Bonchev–Trinajstić information content (AvgIpc) is 3.18. The van der Waals surface area contributed by atoms with Gasteiger partial charge in [0.2, 0.25) is 5.91 Å². The van der Waals surface area contributed by atoms with Gasteiger partial charge in [0.15, 0.2) is 0 Å². The highest BCUT2D eigenvalue weighted by Gasteiger charge is 2.42. The molecule has 1 amide bonds. The number of amides is 1.